The molecular formula is C17H13N3O3. The monoisotopic (exact) mass is 307 g/mol. The summed E-state index contributed by atoms with van der Waals surface area (Å²) in [6.07, 6.45) is 0. The molecule has 0 aliphatic rings. The highest BCUT2D eigenvalue weighted by molar-refractivity contribution is 6.13. The van der Waals surface area contributed by atoms with Gasteiger partial charge in [0.05, 0.1) is 11.4 Å². The third kappa shape index (κ3) is 2.57. The first-order chi connectivity index (χ1) is 11.1. The van der Waals surface area contributed by atoms with Gasteiger partial charge >= 0.3 is 5.97 Å². The van der Waals surface area contributed by atoms with E-state index in [1.165, 1.54) is 4.68 Å². The molecule has 114 valence electrons. The quantitative estimate of drug-likeness (QED) is 0.721. The van der Waals surface area contributed by atoms with Crippen molar-refractivity contribution in [1.29, 1.82) is 0 Å². The fourth-order valence-electron chi connectivity index (χ4n) is 2.29. The molecule has 6 nitrogen and oxygen atoms in total. The normalized spacial score (nSPS) is 10.4. The van der Waals surface area contributed by atoms with Gasteiger partial charge in [-0.3, -0.25) is 4.79 Å². The van der Waals surface area contributed by atoms with Crippen molar-refractivity contribution < 1.29 is 14.7 Å². The van der Waals surface area contributed by atoms with E-state index in [0.29, 0.717) is 11.3 Å². The lowest BCUT2D eigenvalue weighted by Gasteiger charge is -2.07. The first-order valence-electron chi connectivity index (χ1n) is 6.86. The summed E-state index contributed by atoms with van der Waals surface area (Å²) in [7, 11) is 0. The summed E-state index contributed by atoms with van der Waals surface area (Å²) < 4.78 is 1.27. The summed E-state index contributed by atoms with van der Waals surface area (Å²) in [5, 5.41) is 13.2. The van der Waals surface area contributed by atoms with E-state index in [1.54, 1.807) is 54.6 Å². The Bertz CT molecular complexity index is 871. The minimum Gasteiger partial charge on any atom is -0.476 e. The Hall–Kier alpha value is -3.41. The number of nitrogens with zero attached hydrogens (tertiary/aromatic N) is 2. The summed E-state index contributed by atoms with van der Waals surface area (Å²) in [5.74, 6) is -1.66. The number of ketones is 1. The fourth-order valence-corrected chi connectivity index (χ4v) is 2.29. The summed E-state index contributed by atoms with van der Waals surface area (Å²) in [6.45, 7) is 0. The second-order valence-corrected chi connectivity index (χ2v) is 4.86. The van der Waals surface area contributed by atoms with Gasteiger partial charge in [0.1, 0.15) is 5.69 Å². The van der Waals surface area contributed by atoms with Crippen LogP contribution < -0.4 is 5.73 Å². The Morgan fingerprint density at radius 2 is 1.52 bits per heavy atom. The first-order valence-corrected chi connectivity index (χ1v) is 6.86. The van der Waals surface area contributed by atoms with Crippen molar-refractivity contribution in [2.75, 3.05) is 5.73 Å². The van der Waals surface area contributed by atoms with Crippen molar-refractivity contribution in [3.8, 4) is 5.69 Å². The molecule has 3 aromatic rings. The SMILES string of the molecule is Nc1c(C(=O)O)nn(-c2ccccc2)c1C(=O)c1ccccc1. The molecule has 0 saturated heterocycles. The van der Waals surface area contributed by atoms with Crippen molar-refractivity contribution in [2.45, 2.75) is 0 Å². The number of carbonyl (C=O) groups excluding carboxylic acids is 1. The predicted octanol–water partition coefficient (Wildman–Crippen LogP) is 2.38. The van der Waals surface area contributed by atoms with Gasteiger partial charge in [-0.1, -0.05) is 48.5 Å². The number of rotatable bonds is 4. The Morgan fingerprint density at radius 3 is 2.09 bits per heavy atom. The highest BCUT2D eigenvalue weighted by Gasteiger charge is 2.26. The van der Waals surface area contributed by atoms with Gasteiger partial charge in [-0.15, -0.1) is 0 Å². The first kappa shape index (κ1) is 14.5. The van der Waals surface area contributed by atoms with Crippen molar-refractivity contribution >= 4 is 17.4 Å². The van der Waals surface area contributed by atoms with Crippen LogP contribution in [0.1, 0.15) is 26.5 Å². The maximum Gasteiger partial charge on any atom is 0.358 e. The van der Waals surface area contributed by atoms with Crippen LogP contribution in [0, 0.1) is 0 Å². The molecule has 0 unspecified atom stereocenters. The zero-order valence-electron chi connectivity index (χ0n) is 12.0. The van der Waals surface area contributed by atoms with Gasteiger partial charge in [0.2, 0.25) is 5.78 Å². The summed E-state index contributed by atoms with van der Waals surface area (Å²) in [4.78, 5) is 24.1. The van der Waals surface area contributed by atoms with Crippen LogP contribution in [-0.2, 0) is 0 Å². The molecule has 23 heavy (non-hydrogen) atoms. The van der Waals surface area contributed by atoms with Gasteiger partial charge in [-0.2, -0.15) is 5.10 Å². The van der Waals surface area contributed by atoms with Crippen LogP contribution in [-0.4, -0.2) is 26.6 Å². The smallest absolute Gasteiger partial charge is 0.358 e. The largest absolute Gasteiger partial charge is 0.476 e. The van der Waals surface area contributed by atoms with Crippen LogP contribution in [0.3, 0.4) is 0 Å². The van der Waals surface area contributed by atoms with E-state index in [-0.39, 0.29) is 22.9 Å². The Labute approximate surface area is 131 Å². The lowest BCUT2D eigenvalue weighted by atomic mass is 10.1. The zero-order valence-corrected chi connectivity index (χ0v) is 12.0. The van der Waals surface area contributed by atoms with E-state index in [0.717, 1.165) is 0 Å². The van der Waals surface area contributed by atoms with Crippen LogP contribution in [0.5, 0.6) is 0 Å². The number of hydrogen-bond donors (Lipinski definition) is 2. The Morgan fingerprint density at radius 1 is 0.957 bits per heavy atom. The molecule has 0 saturated carbocycles. The van der Waals surface area contributed by atoms with Crippen molar-refractivity contribution in [1.82, 2.24) is 9.78 Å². The molecule has 6 heteroatoms. The van der Waals surface area contributed by atoms with E-state index in [4.69, 9.17) is 5.73 Å². The lowest BCUT2D eigenvalue weighted by molar-refractivity contribution is 0.0691. The van der Waals surface area contributed by atoms with Crippen LogP contribution >= 0.6 is 0 Å². The molecule has 0 bridgehead atoms. The molecule has 0 amide bonds. The topological polar surface area (TPSA) is 98.2 Å². The molecule has 0 fully saturated rings. The van der Waals surface area contributed by atoms with Gasteiger partial charge in [0.15, 0.2) is 5.69 Å². The van der Waals surface area contributed by atoms with Crippen LogP contribution in [0.4, 0.5) is 5.69 Å². The number of carbonyl (C=O) groups is 2. The molecule has 3 rings (SSSR count). The van der Waals surface area contributed by atoms with Gasteiger partial charge in [0.25, 0.3) is 0 Å². The average Bonchev–Trinajstić information content (AvgIpc) is 2.93. The standard InChI is InChI=1S/C17H13N3O3/c18-13-14(17(22)23)19-20(12-9-5-2-6-10-12)15(13)16(21)11-7-3-1-4-8-11/h1-10H,18H2,(H,22,23). The number of nitrogens with two attached hydrogens (primary N) is 1. The summed E-state index contributed by atoms with van der Waals surface area (Å²) >= 11 is 0. The average molecular weight is 307 g/mol. The van der Waals surface area contributed by atoms with Crippen LogP contribution in [0.15, 0.2) is 60.7 Å². The van der Waals surface area contributed by atoms with Gasteiger partial charge in [-0.25, -0.2) is 9.48 Å². The molecule has 0 aliphatic carbocycles. The predicted molar refractivity (Wildman–Crippen MR) is 84.8 cm³/mol. The zero-order chi connectivity index (χ0) is 16.4. The van der Waals surface area contributed by atoms with E-state index in [1.807, 2.05) is 6.07 Å². The second-order valence-electron chi connectivity index (χ2n) is 4.86. The molecule has 0 aliphatic heterocycles. The lowest BCUT2D eigenvalue weighted by Crippen LogP contribution is -2.11. The molecule has 0 spiro atoms. The molecular weight excluding hydrogens is 294 g/mol. The molecule has 1 heterocycles. The van der Waals surface area contributed by atoms with Gasteiger partial charge < -0.3 is 10.8 Å². The maximum absolute atomic E-state index is 12.8. The molecule has 2 aromatic carbocycles. The number of aromatic nitrogens is 2. The van der Waals surface area contributed by atoms with Crippen molar-refractivity contribution in [2.24, 2.45) is 0 Å². The van der Waals surface area contributed by atoms with E-state index < -0.39 is 5.97 Å². The van der Waals surface area contributed by atoms with Gasteiger partial charge in [0, 0.05) is 5.56 Å². The number of benzene rings is 2. The van der Waals surface area contributed by atoms with Gasteiger partial charge in [-0.05, 0) is 12.1 Å². The molecule has 0 atom stereocenters. The number of carboxylic acids is 1. The third-order valence-corrected chi connectivity index (χ3v) is 3.38. The number of para-hydroxylation sites is 1. The maximum atomic E-state index is 12.8. The molecule has 1 aromatic heterocycles. The molecule has 0 radical (unpaired) electrons. The summed E-state index contributed by atoms with van der Waals surface area (Å²) in [5.41, 5.74) is 6.43. The van der Waals surface area contributed by atoms with Crippen molar-refractivity contribution in [3.05, 3.63) is 77.6 Å². The minimum absolute atomic E-state index is 0.0415. The number of anilines is 1. The summed E-state index contributed by atoms with van der Waals surface area (Å²) in [6, 6.07) is 17.3. The highest BCUT2D eigenvalue weighted by atomic mass is 16.4. The second kappa shape index (κ2) is 5.76. The van der Waals surface area contributed by atoms with E-state index in [2.05, 4.69) is 5.10 Å². The van der Waals surface area contributed by atoms with Crippen LogP contribution in [0.2, 0.25) is 0 Å². The minimum atomic E-state index is -1.28. The van der Waals surface area contributed by atoms with Crippen LogP contribution in [0.25, 0.3) is 5.69 Å². The third-order valence-electron chi connectivity index (χ3n) is 3.38. The fraction of sp³-hybridized carbons (Fsp3) is 0. The van der Waals surface area contributed by atoms with Crippen molar-refractivity contribution in [3.63, 3.8) is 0 Å². The van der Waals surface area contributed by atoms with E-state index >= 15 is 0 Å². The molecule has 3 N–H and O–H groups in total. The number of aromatic carboxylic acids is 1. The van der Waals surface area contributed by atoms with E-state index in [9.17, 15) is 14.7 Å². The highest BCUT2D eigenvalue weighted by Crippen LogP contribution is 2.24. The number of nitrogen functional groups attached to an aromatic ring is 1. The number of hydrogen-bond acceptors (Lipinski definition) is 4. The number of carboxylic acid groups (broad SMARTS) is 1. The Balaban J connectivity index is 2.22. The Kier molecular flexibility index (Phi) is 3.64.